The van der Waals surface area contributed by atoms with Crippen LogP contribution in [-0.4, -0.2) is 22.5 Å². The fourth-order valence-electron chi connectivity index (χ4n) is 3.19. The topological polar surface area (TPSA) is 16.1 Å². The number of nitrogens with zero attached hydrogens (tertiary/aromatic N) is 2. The molecule has 1 aromatic heterocycles. The molecule has 0 unspecified atom stereocenters. The lowest BCUT2D eigenvalue weighted by Crippen LogP contribution is -2.35. The van der Waals surface area contributed by atoms with Gasteiger partial charge >= 0.3 is 0 Å². The van der Waals surface area contributed by atoms with E-state index in [1.54, 1.807) is 0 Å². The molecule has 1 aromatic carbocycles. The molecule has 0 saturated heterocycles. The maximum absolute atomic E-state index is 4.58. The van der Waals surface area contributed by atoms with Crippen molar-refractivity contribution in [2.45, 2.75) is 52.6 Å². The van der Waals surface area contributed by atoms with Gasteiger partial charge in [0.15, 0.2) is 0 Å². The summed E-state index contributed by atoms with van der Waals surface area (Å²) in [4.78, 5) is 7.13. The molecular weight excluding hydrogens is 244 g/mol. The van der Waals surface area contributed by atoms with E-state index in [1.165, 1.54) is 28.6 Å². The molecule has 0 atom stereocenters. The van der Waals surface area contributed by atoms with E-state index >= 15 is 0 Å². The molecule has 2 aromatic rings. The fraction of sp³-hybridized carbons (Fsp3) is 0.500. The molecule has 106 valence electrons. The maximum atomic E-state index is 4.58. The summed E-state index contributed by atoms with van der Waals surface area (Å²) in [5.41, 5.74) is 5.56. The summed E-state index contributed by atoms with van der Waals surface area (Å²) in [6.07, 6.45) is 3.11. The quantitative estimate of drug-likeness (QED) is 0.814. The second-order valence-electron chi connectivity index (χ2n) is 6.51. The summed E-state index contributed by atoms with van der Waals surface area (Å²) in [6, 6.07) is 7.49. The van der Waals surface area contributed by atoms with Crippen LogP contribution < -0.4 is 0 Å². The predicted octanol–water partition coefficient (Wildman–Crippen LogP) is 4.12. The van der Waals surface area contributed by atoms with Gasteiger partial charge in [-0.3, -0.25) is 9.88 Å². The Morgan fingerprint density at radius 1 is 1.10 bits per heavy atom. The third-order valence-electron chi connectivity index (χ3n) is 4.49. The van der Waals surface area contributed by atoms with E-state index in [0.29, 0.717) is 12.0 Å². The van der Waals surface area contributed by atoms with Crippen molar-refractivity contribution in [2.24, 2.45) is 0 Å². The Morgan fingerprint density at radius 3 is 2.60 bits per heavy atom. The zero-order valence-corrected chi connectivity index (χ0v) is 13.0. The van der Waals surface area contributed by atoms with E-state index in [2.05, 4.69) is 55.8 Å². The van der Waals surface area contributed by atoms with Crippen LogP contribution in [0.25, 0.3) is 10.9 Å². The van der Waals surface area contributed by atoms with Crippen LogP contribution in [0.1, 0.15) is 50.3 Å². The Morgan fingerprint density at radius 2 is 1.90 bits per heavy atom. The van der Waals surface area contributed by atoms with E-state index in [-0.39, 0.29) is 0 Å². The van der Waals surface area contributed by atoms with Crippen molar-refractivity contribution in [2.75, 3.05) is 6.54 Å². The van der Waals surface area contributed by atoms with E-state index < -0.39 is 0 Å². The lowest BCUT2D eigenvalue weighted by Gasteiger charge is -2.32. The van der Waals surface area contributed by atoms with Gasteiger partial charge < -0.3 is 0 Å². The van der Waals surface area contributed by atoms with Crippen molar-refractivity contribution >= 4 is 10.9 Å². The highest BCUT2D eigenvalue weighted by Crippen LogP contribution is 2.29. The normalized spacial score (nSPS) is 16.1. The second kappa shape index (κ2) is 5.17. The number of benzene rings is 1. The molecule has 2 heterocycles. The average molecular weight is 268 g/mol. The molecule has 0 amide bonds. The Balaban J connectivity index is 2.09. The van der Waals surface area contributed by atoms with Gasteiger partial charge in [-0.1, -0.05) is 13.8 Å². The van der Waals surface area contributed by atoms with Gasteiger partial charge in [0.25, 0.3) is 0 Å². The minimum atomic E-state index is 0.550. The Kier molecular flexibility index (Phi) is 3.51. The maximum Gasteiger partial charge on any atom is 0.0708 e. The summed E-state index contributed by atoms with van der Waals surface area (Å²) < 4.78 is 0. The van der Waals surface area contributed by atoms with Crippen molar-refractivity contribution in [3.05, 3.63) is 41.1 Å². The first-order valence-corrected chi connectivity index (χ1v) is 7.70. The first-order chi connectivity index (χ1) is 9.56. The highest BCUT2D eigenvalue weighted by Gasteiger charge is 2.19. The summed E-state index contributed by atoms with van der Waals surface area (Å²) in [7, 11) is 0. The van der Waals surface area contributed by atoms with Gasteiger partial charge in [-0.25, -0.2) is 0 Å². The minimum Gasteiger partial charge on any atom is -0.296 e. The van der Waals surface area contributed by atoms with Crippen molar-refractivity contribution in [3.63, 3.8) is 0 Å². The van der Waals surface area contributed by atoms with Crippen LogP contribution in [0.2, 0.25) is 0 Å². The van der Waals surface area contributed by atoms with Crippen molar-refractivity contribution in [1.29, 1.82) is 0 Å². The van der Waals surface area contributed by atoms with Crippen molar-refractivity contribution < 1.29 is 0 Å². The third-order valence-corrected chi connectivity index (χ3v) is 4.49. The standard InChI is InChI=1S/C18H24N2/c1-12(2)16-5-7-19-18-10-15-11-20(13(3)4)8-6-14(15)9-17(16)18/h5,7,9-10,12-13H,6,8,11H2,1-4H3. The smallest absolute Gasteiger partial charge is 0.0708 e. The highest BCUT2D eigenvalue weighted by atomic mass is 15.1. The molecule has 2 nitrogen and oxygen atoms in total. The first kappa shape index (κ1) is 13.6. The van der Waals surface area contributed by atoms with Gasteiger partial charge in [0.1, 0.15) is 0 Å². The molecule has 3 rings (SSSR count). The van der Waals surface area contributed by atoms with Gasteiger partial charge in [0.2, 0.25) is 0 Å². The number of aromatic nitrogens is 1. The number of fused-ring (bicyclic) bond motifs is 2. The Labute approximate surface area is 121 Å². The number of pyridine rings is 1. The van der Waals surface area contributed by atoms with E-state index in [4.69, 9.17) is 0 Å². The Hall–Kier alpha value is -1.41. The van der Waals surface area contributed by atoms with Gasteiger partial charge in [-0.2, -0.15) is 0 Å². The van der Waals surface area contributed by atoms with Gasteiger partial charge in [-0.05, 0) is 61.1 Å². The molecule has 0 radical (unpaired) electrons. The molecule has 0 spiro atoms. The highest BCUT2D eigenvalue weighted by molar-refractivity contribution is 5.84. The van der Waals surface area contributed by atoms with Crippen LogP contribution in [0, 0.1) is 0 Å². The fourth-order valence-corrected chi connectivity index (χ4v) is 3.19. The molecule has 20 heavy (non-hydrogen) atoms. The van der Waals surface area contributed by atoms with Crippen molar-refractivity contribution in [1.82, 2.24) is 9.88 Å². The van der Waals surface area contributed by atoms with Crippen LogP contribution in [0.5, 0.6) is 0 Å². The van der Waals surface area contributed by atoms with Crippen LogP contribution in [-0.2, 0) is 13.0 Å². The van der Waals surface area contributed by atoms with Crippen LogP contribution in [0.4, 0.5) is 0 Å². The first-order valence-electron chi connectivity index (χ1n) is 7.70. The van der Waals surface area contributed by atoms with Crippen molar-refractivity contribution in [3.8, 4) is 0 Å². The molecule has 1 aliphatic rings. The summed E-state index contributed by atoms with van der Waals surface area (Å²) in [5, 5.41) is 1.35. The molecule has 0 saturated carbocycles. The zero-order chi connectivity index (χ0) is 14.3. The summed E-state index contributed by atoms with van der Waals surface area (Å²) in [5.74, 6) is 0.550. The van der Waals surface area contributed by atoms with Crippen LogP contribution in [0.3, 0.4) is 0 Å². The molecule has 1 aliphatic heterocycles. The summed E-state index contributed by atoms with van der Waals surface area (Å²) >= 11 is 0. The molecule has 0 bridgehead atoms. The third kappa shape index (κ3) is 2.33. The van der Waals surface area contributed by atoms with E-state index in [1.807, 2.05) is 6.20 Å². The molecule has 0 N–H and O–H groups in total. The monoisotopic (exact) mass is 268 g/mol. The van der Waals surface area contributed by atoms with E-state index in [9.17, 15) is 0 Å². The number of hydrogen-bond donors (Lipinski definition) is 0. The predicted molar refractivity (Wildman–Crippen MR) is 85.1 cm³/mol. The number of rotatable bonds is 2. The lowest BCUT2D eigenvalue weighted by atomic mass is 9.92. The van der Waals surface area contributed by atoms with Gasteiger partial charge in [0.05, 0.1) is 5.52 Å². The lowest BCUT2D eigenvalue weighted by molar-refractivity contribution is 0.203. The molecule has 0 fully saturated rings. The van der Waals surface area contributed by atoms with Crippen LogP contribution in [0.15, 0.2) is 24.4 Å². The summed E-state index contributed by atoms with van der Waals surface area (Å²) in [6.45, 7) is 11.3. The minimum absolute atomic E-state index is 0.550. The second-order valence-corrected chi connectivity index (χ2v) is 6.51. The van der Waals surface area contributed by atoms with Crippen LogP contribution >= 0.6 is 0 Å². The van der Waals surface area contributed by atoms with Gasteiger partial charge in [-0.15, -0.1) is 0 Å². The molecule has 2 heteroatoms. The van der Waals surface area contributed by atoms with Gasteiger partial charge in [0, 0.05) is 30.7 Å². The SMILES string of the molecule is CC(C)c1ccnc2cc3c(cc12)CCN(C(C)C)C3. The zero-order valence-electron chi connectivity index (χ0n) is 13.0. The molecule has 0 aliphatic carbocycles. The Bertz CT molecular complexity index is 629. The molecular formula is C18H24N2. The largest absolute Gasteiger partial charge is 0.296 e. The van der Waals surface area contributed by atoms with E-state index in [0.717, 1.165) is 18.5 Å². The number of hydrogen-bond acceptors (Lipinski definition) is 2. The average Bonchev–Trinajstić information content (AvgIpc) is 2.43.